The van der Waals surface area contributed by atoms with Crippen LogP contribution in [0.15, 0.2) is 24.8 Å². The van der Waals surface area contributed by atoms with E-state index in [1.165, 1.54) is 0 Å². The van der Waals surface area contributed by atoms with Gasteiger partial charge in [-0.25, -0.2) is 0 Å². The predicted octanol–water partition coefficient (Wildman–Crippen LogP) is 3.06. The van der Waals surface area contributed by atoms with Gasteiger partial charge in [0.05, 0.1) is 0 Å². The second-order valence-corrected chi connectivity index (χ2v) is 14.5. The molecule has 97 valence electrons. The van der Waals surface area contributed by atoms with Gasteiger partial charge in [-0.2, -0.15) is 0 Å². The van der Waals surface area contributed by atoms with Crippen LogP contribution in [-0.4, -0.2) is 27.1 Å². The van der Waals surface area contributed by atoms with Crippen molar-refractivity contribution in [3.8, 4) is 5.75 Å². The van der Waals surface area contributed by atoms with Gasteiger partial charge in [-0.15, -0.1) is 0 Å². The summed E-state index contributed by atoms with van der Waals surface area (Å²) in [5.41, 5.74) is 1.10. The van der Waals surface area contributed by atoms with Crippen molar-refractivity contribution in [2.45, 2.75) is 32.7 Å². The quantitative estimate of drug-likeness (QED) is 0.777. The zero-order valence-corrected chi connectivity index (χ0v) is 14.8. The average Bonchev–Trinajstić information content (AvgIpc) is 2.26. The monoisotopic (exact) mass is 293 g/mol. The van der Waals surface area contributed by atoms with Crippen LogP contribution in [0.2, 0.25) is 32.7 Å². The zero-order valence-electron chi connectivity index (χ0n) is 11.8. The van der Waals surface area contributed by atoms with Crippen LogP contribution in [-0.2, 0) is 4.12 Å². The first-order valence-corrected chi connectivity index (χ1v) is 12.7. The van der Waals surface area contributed by atoms with Crippen LogP contribution in [0.25, 0.3) is 6.08 Å². The first kappa shape index (κ1) is 15.4. The molecule has 0 aliphatic carbocycles. The summed E-state index contributed by atoms with van der Waals surface area (Å²) in [4.78, 5) is 0. The Morgan fingerprint density at radius 1 is 1.17 bits per heavy atom. The average molecular weight is 294 g/mol. The Morgan fingerprint density at radius 3 is 2.22 bits per heavy atom. The van der Waals surface area contributed by atoms with Crippen LogP contribution in [0.5, 0.6) is 5.75 Å². The standard InChI is InChI=1S/C13H21O2Si3/c1-7-11-9-8-10-12(14-17(2,3)4)13(11)18(5,6)15-16/h7-10H,1H2,2-6H3. The van der Waals surface area contributed by atoms with Crippen molar-refractivity contribution in [2.24, 2.45) is 0 Å². The molecule has 0 fully saturated rings. The van der Waals surface area contributed by atoms with Gasteiger partial charge in [0.2, 0.25) is 27.1 Å². The van der Waals surface area contributed by atoms with Crippen LogP contribution in [0.4, 0.5) is 0 Å². The van der Waals surface area contributed by atoms with E-state index < -0.39 is 16.6 Å². The molecule has 18 heavy (non-hydrogen) atoms. The molecule has 0 saturated carbocycles. The van der Waals surface area contributed by atoms with E-state index in [1.807, 2.05) is 18.2 Å². The van der Waals surface area contributed by atoms with Crippen molar-refractivity contribution in [3.05, 3.63) is 30.3 Å². The van der Waals surface area contributed by atoms with Crippen LogP contribution in [0, 0.1) is 0 Å². The van der Waals surface area contributed by atoms with Gasteiger partial charge in [-0.1, -0.05) is 24.8 Å². The molecule has 0 spiro atoms. The fraction of sp³-hybridized carbons (Fsp3) is 0.385. The minimum atomic E-state index is -2.02. The molecule has 3 radical (unpaired) electrons. The minimum absolute atomic E-state index is 0.946. The van der Waals surface area contributed by atoms with Crippen molar-refractivity contribution in [1.29, 1.82) is 0 Å². The molecule has 0 unspecified atom stereocenters. The molecule has 0 atom stereocenters. The molecule has 0 aromatic heterocycles. The number of hydrogen-bond acceptors (Lipinski definition) is 2. The second-order valence-electron chi connectivity index (χ2n) is 5.75. The lowest BCUT2D eigenvalue weighted by Gasteiger charge is -2.29. The van der Waals surface area contributed by atoms with Gasteiger partial charge in [0, 0.05) is 5.19 Å². The molecule has 0 N–H and O–H groups in total. The molecule has 1 aromatic carbocycles. The molecule has 1 aromatic rings. The van der Waals surface area contributed by atoms with Gasteiger partial charge in [0.25, 0.3) is 0 Å². The van der Waals surface area contributed by atoms with Gasteiger partial charge in [0.15, 0.2) is 0 Å². The fourth-order valence-corrected chi connectivity index (χ4v) is 4.78. The van der Waals surface area contributed by atoms with Gasteiger partial charge in [0.1, 0.15) is 5.75 Å². The fourth-order valence-electron chi connectivity index (χ4n) is 1.83. The van der Waals surface area contributed by atoms with Gasteiger partial charge >= 0.3 is 0 Å². The molecule has 0 aliphatic heterocycles. The molecule has 0 bridgehead atoms. The van der Waals surface area contributed by atoms with E-state index in [0.717, 1.165) is 16.5 Å². The van der Waals surface area contributed by atoms with Crippen molar-refractivity contribution in [3.63, 3.8) is 0 Å². The Morgan fingerprint density at radius 2 is 1.78 bits per heavy atom. The number of rotatable bonds is 5. The topological polar surface area (TPSA) is 18.5 Å². The normalized spacial score (nSPS) is 12.3. The van der Waals surface area contributed by atoms with E-state index in [1.54, 1.807) is 0 Å². The largest absolute Gasteiger partial charge is 0.544 e. The van der Waals surface area contributed by atoms with E-state index >= 15 is 0 Å². The lowest BCUT2D eigenvalue weighted by atomic mass is 10.2. The molecule has 0 aliphatic rings. The lowest BCUT2D eigenvalue weighted by Crippen LogP contribution is -2.47. The Labute approximate surface area is 116 Å². The first-order chi connectivity index (χ1) is 8.21. The van der Waals surface area contributed by atoms with Gasteiger partial charge in [-0.05, 0) is 44.4 Å². The highest BCUT2D eigenvalue weighted by Crippen LogP contribution is 2.21. The predicted molar refractivity (Wildman–Crippen MR) is 84.5 cm³/mol. The number of benzene rings is 1. The first-order valence-electron chi connectivity index (χ1n) is 6.01. The van der Waals surface area contributed by atoms with E-state index in [0.29, 0.717) is 0 Å². The molecule has 2 nitrogen and oxygen atoms in total. The molecule has 0 saturated heterocycles. The highest BCUT2D eigenvalue weighted by atomic mass is 28.4. The van der Waals surface area contributed by atoms with E-state index in [4.69, 9.17) is 8.54 Å². The highest BCUT2D eigenvalue weighted by molar-refractivity contribution is 6.87. The maximum atomic E-state index is 6.19. The van der Waals surface area contributed by atoms with Gasteiger partial charge in [-0.3, -0.25) is 0 Å². The Bertz CT molecular complexity index is 436. The lowest BCUT2D eigenvalue weighted by molar-refractivity contribution is 0.557. The minimum Gasteiger partial charge on any atom is -0.544 e. The SMILES string of the molecule is C=Cc1cccc(O[Si](C)(C)C)c1[Si](C)(C)O[Si]. The molecule has 0 heterocycles. The third-order valence-electron chi connectivity index (χ3n) is 2.55. The summed E-state index contributed by atoms with van der Waals surface area (Å²) in [6.45, 7) is 14.7. The second kappa shape index (κ2) is 5.56. The Hall–Kier alpha value is -0.629. The smallest absolute Gasteiger partial charge is 0.242 e. The van der Waals surface area contributed by atoms with Gasteiger partial charge < -0.3 is 8.54 Å². The van der Waals surface area contributed by atoms with E-state index in [2.05, 4.69) is 55.9 Å². The third-order valence-corrected chi connectivity index (χ3v) is 7.16. The third kappa shape index (κ3) is 3.68. The van der Waals surface area contributed by atoms with Crippen LogP contribution in [0.3, 0.4) is 0 Å². The summed E-state index contributed by atoms with van der Waals surface area (Å²) in [7, 11) is -0.445. The van der Waals surface area contributed by atoms with Crippen LogP contribution >= 0.6 is 0 Å². The maximum Gasteiger partial charge on any atom is 0.242 e. The van der Waals surface area contributed by atoms with Crippen molar-refractivity contribution in [1.82, 2.24) is 0 Å². The van der Waals surface area contributed by atoms with Crippen LogP contribution in [0.1, 0.15) is 5.56 Å². The summed E-state index contributed by atoms with van der Waals surface area (Å²) in [6.07, 6.45) is 1.87. The number of hydrogen-bond donors (Lipinski definition) is 0. The maximum absolute atomic E-state index is 6.19. The Balaban J connectivity index is 3.39. The van der Waals surface area contributed by atoms with Crippen molar-refractivity contribution >= 4 is 38.4 Å². The summed E-state index contributed by atoms with van der Waals surface area (Å²) >= 11 is 0. The molecular weight excluding hydrogens is 272 g/mol. The van der Waals surface area contributed by atoms with E-state index in [9.17, 15) is 0 Å². The summed E-state index contributed by atoms with van der Waals surface area (Å²) in [5.74, 6) is 0.946. The summed E-state index contributed by atoms with van der Waals surface area (Å²) in [6, 6.07) is 6.09. The van der Waals surface area contributed by atoms with Crippen molar-refractivity contribution in [2.75, 3.05) is 0 Å². The molecule has 5 heteroatoms. The Kier molecular flexibility index (Phi) is 4.77. The summed E-state index contributed by atoms with van der Waals surface area (Å²) < 4.78 is 11.7. The molecule has 0 amide bonds. The van der Waals surface area contributed by atoms with Crippen LogP contribution < -0.4 is 9.61 Å². The summed E-state index contributed by atoms with van der Waals surface area (Å²) in [5, 5.41) is 1.16. The van der Waals surface area contributed by atoms with Crippen molar-refractivity contribution < 1.29 is 8.54 Å². The highest BCUT2D eigenvalue weighted by Gasteiger charge is 2.31. The molecule has 1 rings (SSSR count). The zero-order chi connectivity index (χ0) is 14.0. The van der Waals surface area contributed by atoms with E-state index in [-0.39, 0.29) is 0 Å². The molecular formula is C13H21O2Si3.